The number of rotatable bonds is 2. The van der Waals surface area contributed by atoms with Gasteiger partial charge < -0.3 is 5.32 Å². The first-order chi connectivity index (χ1) is 11.2. The van der Waals surface area contributed by atoms with E-state index in [1.807, 2.05) is 54.1 Å². The van der Waals surface area contributed by atoms with Crippen LogP contribution in [0.4, 0.5) is 5.95 Å². The summed E-state index contributed by atoms with van der Waals surface area (Å²) in [5, 5.41) is 8.62. The zero-order valence-corrected chi connectivity index (χ0v) is 13.3. The third kappa shape index (κ3) is 2.62. The van der Waals surface area contributed by atoms with Gasteiger partial charge in [-0.1, -0.05) is 54.1 Å². The van der Waals surface area contributed by atoms with E-state index in [-0.39, 0.29) is 6.04 Å². The molecule has 114 valence electrons. The van der Waals surface area contributed by atoms with Crippen molar-refractivity contribution in [2.45, 2.75) is 13.0 Å². The molecule has 2 aromatic carbocycles. The first-order valence-electron chi connectivity index (χ1n) is 7.43. The molecule has 0 radical (unpaired) electrons. The molecule has 1 aliphatic heterocycles. The van der Waals surface area contributed by atoms with Crippen LogP contribution in [-0.4, -0.2) is 14.8 Å². The van der Waals surface area contributed by atoms with Gasteiger partial charge in [-0.05, 0) is 36.3 Å². The summed E-state index contributed by atoms with van der Waals surface area (Å²) in [6.45, 7) is 1.90. The zero-order valence-electron chi connectivity index (χ0n) is 12.6. The van der Waals surface area contributed by atoms with Gasteiger partial charge in [0.05, 0.1) is 0 Å². The molecule has 3 aromatic rings. The molecule has 2 heterocycles. The third-order valence-corrected chi connectivity index (χ3v) is 4.12. The van der Waals surface area contributed by atoms with Gasteiger partial charge in [-0.25, -0.2) is 4.68 Å². The molecule has 1 unspecified atom stereocenters. The minimum Gasteiger partial charge on any atom is -0.324 e. The van der Waals surface area contributed by atoms with Crippen molar-refractivity contribution in [3.05, 3.63) is 82.6 Å². The van der Waals surface area contributed by atoms with Gasteiger partial charge in [-0.2, -0.15) is 10.1 Å². The van der Waals surface area contributed by atoms with Gasteiger partial charge in [0.15, 0.2) is 0 Å². The highest BCUT2D eigenvalue weighted by atomic mass is 35.5. The minimum atomic E-state index is -0.0140. The number of benzene rings is 2. The number of allylic oxidation sites excluding steroid dienone is 1. The highest BCUT2D eigenvalue weighted by Crippen LogP contribution is 2.32. The Bertz CT molecular complexity index is 866. The van der Waals surface area contributed by atoms with Gasteiger partial charge in [0.25, 0.3) is 0 Å². The van der Waals surface area contributed by atoms with E-state index >= 15 is 0 Å². The van der Waals surface area contributed by atoms with Crippen molar-refractivity contribution in [2.75, 3.05) is 5.32 Å². The molecule has 1 N–H and O–H groups in total. The average molecular weight is 323 g/mol. The average Bonchev–Trinajstić information content (AvgIpc) is 2.96. The number of fused-ring (bicyclic) bond motifs is 1. The molecular formula is C18H15ClN4. The van der Waals surface area contributed by atoms with Crippen molar-refractivity contribution in [3.63, 3.8) is 0 Å². The van der Waals surface area contributed by atoms with Crippen molar-refractivity contribution in [1.29, 1.82) is 0 Å². The van der Waals surface area contributed by atoms with E-state index in [1.165, 1.54) is 0 Å². The highest BCUT2D eigenvalue weighted by molar-refractivity contribution is 6.30. The zero-order chi connectivity index (χ0) is 15.8. The Labute approximate surface area is 139 Å². The van der Waals surface area contributed by atoms with E-state index in [9.17, 15) is 0 Å². The Morgan fingerprint density at radius 3 is 2.52 bits per heavy atom. The molecule has 0 amide bonds. The molecule has 0 aliphatic carbocycles. The quantitative estimate of drug-likeness (QED) is 0.765. The van der Waals surface area contributed by atoms with E-state index in [0.717, 1.165) is 33.6 Å². The summed E-state index contributed by atoms with van der Waals surface area (Å²) in [5.74, 6) is 1.50. The number of hydrogen-bond donors (Lipinski definition) is 1. The van der Waals surface area contributed by atoms with Gasteiger partial charge in [0, 0.05) is 10.7 Å². The minimum absolute atomic E-state index is 0.0140. The molecule has 0 fully saturated rings. The van der Waals surface area contributed by atoms with E-state index in [0.29, 0.717) is 0 Å². The second-order valence-electron chi connectivity index (χ2n) is 5.49. The molecule has 5 heteroatoms. The molecule has 4 nitrogen and oxygen atoms in total. The largest absolute Gasteiger partial charge is 0.324 e. The van der Waals surface area contributed by atoms with E-state index < -0.39 is 0 Å². The third-order valence-electron chi connectivity index (χ3n) is 3.87. The Kier molecular flexibility index (Phi) is 3.39. The van der Waals surface area contributed by atoms with Crippen molar-refractivity contribution in [2.24, 2.45) is 0 Å². The summed E-state index contributed by atoms with van der Waals surface area (Å²) in [5.41, 5.74) is 3.28. The van der Waals surface area contributed by atoms with E-state index in [2.05, 4.69) is 33.6 Å². The molecule has 1 aromatic heterocycles. The molecule has 0 saturated heterocycles. The van der Waals surface area contributed by atoms with Crippen LogP contribution in [0.1, 0.15) is 23.0 Å². The number of nitrogens with one attached hydrogen (secondary N) is 1. The van der Waals surface area contributed by atoms with Crippen molar-refractivity contribution in [3.8, 4) is 0 Å². The molecule has 0 spiro atoms. The lowest BCUT2D eigenvalue weighted by Gasteiger charge is -2.24. The summed E-state index contributed by atoms with van der Waals surface area (Å²) >= 11 is 6.02. The first-order valence-corrected chi connectivity index (χ1v) is 7.81. The van der Waals surface area contributed by atoms with Crippen LogP contribution in [-0.2, 0) is 0 Å². The number of halogens is 1. The SMILES string of the molecule is Cc1nc2n(n1)C(c1ccc(Cl)cc1)C=C(c1ccccc1)N2. The molecule has 1 atom stereocenters. The molecule has 0 bridgehead atoms. The normalized spacial score (nSPS) is 16.4. The van der Waals surface area contributed by atoms with Crippen molar-refractivity contribution >= 4 is 23.2 Å². The first kappa shape index (κ1) is 14.0. The fourth-order valence-electron chi connectivity index (χ4n) is 2.78. The summed E-state index contributed by atoms with van der Waals surface area (Å²) in [6, 6.07) is 18.1. The lowest BCUT2D eigenvalue weighted by atomic mass is 10.0. The van der Waals surface area contributed by atoms with Crippen LogP contribution in [0.15, 0.2) is 60.7 Å². The maximum absolute atomic E-state index is 6.02. The number of hydrogen-bond acceptors (Lipinski definition) is 3. The predicted octanol–water partition coefficient (Wildman–Crippen LogP) is 4.30. The van der Waals surface area contributed by atoms with Crippen molar-refractivity contribution < 1.29 is 0 Å². The van der Waals surface area contributed by atoms with Crippen LogP contribution >= 0.6 is 11.6 Å². The molecular weight excluding hydrogens is 308 g/mol. The number of anilines is 1. The van der Waals surface area contributed by atoms with Gasteiger partial charge in [0.1, 0.15) is 11.9 Å². The fourth-order valence-corrected chi connectivity index (χ4v) is 2.91. The summed E-state index contributed by atoms with van der Waals surface area (Å²) in [4.78, 5) is 4.49. The van der Waals surface area contributed by atoms with Crippen LogP contribution < -0.4 is 5.32 Å². The molecule has 1 aliphatic rings. The van der Waals surface area contributed by atoms with Gasteiger partial charge in [-0.3, -0.25) is 0 Å². The van der Waals surface area contributed by atoms with Crippen LogP contribution in [0.25, 0.3) is 5.70 Å². The summed E-state index contributed by atoms with van der Waals surface area (Å²) in [6.07, 6.45) is 2.17. The highest BCUT2D eigenvalue weighted by Gasteiger charge is 2.24. The van der Waals surface area contributed by atoms with Crippen LogP contribution in [0.5, 0.6) is 0 Å². The maximum Gasteiger partial charge on any atom is 0.226 e. The topological polar surface area (TPSA) is 42.7 Å². The lowest BCUT2D eigenvalue weighted by molar-refractivity contribution is 0.607. The second-order valence-corrected chi connectivity index (χ2v) is 5.93. The number of nitrogens with zero attached hydrogens (tertiary/aromatic N) is 3. The Morgan fingerprint density at radius 2 is 1.78 bits per heavy atom. The Morgan fingerprint density at radius 1 is 1.04 bits per heavy atom. The van der Waals surface area contributed by atoms with Gasteiger partial charge in [-0.15, -0.1) is 0 Å². The smallest absolute Gasteiger partial charge is 0.226 e. The Hall–Kier alpha value is -2.59. The van der Waals surface area contributed by atoms with Crippen LogP contribution in [0, 0.1) is 6.92 Å². The predicted molar refractivity (Wildman–Crippen MR) is 92.4 cm³/mol. The molecule has 4 rings (SSSR count). The second kappa shape index (κ2) is 5.56. The molecule has 23 heavy (non-hydrogen) atoms. The number of aryl methyl sites for hydroxylation is 1. The fraction of sp³-hybridized carbons (Fsp3) is 0.111. The standard InChI is InChI=1S/C18H15ClN4/c1-12-20-18-21-16(13-5-3-2-4-6-13)11-17(23(18)22-12)14-7-9-15(19)10-8-14/h2-11,17H,1H3,(H,20,21,22). The Balaban J connectivity index is 1.83. The summed E-state index contributed by atoms with van der Waals surface area (Å²) < 4.78 is 1.91. The van der Waals surface area contributed by atoms with Gasteiger partial charge in [0.2, 0.25) is 5.95 Å². The van der Waals surface area contributed by atoms with Gasteiger partial charge >= 0.3 is 0 Å². The van der Waals surface area contributed by atoms with E-state index in [1.54, 1.807) is 0 Å². The van der Waals surface area contributed by atoms with E-state index in [4.69, 9.17) is 11.6 Å². The van der Waals surface area contributed by atoms with Crippen LogP contribution in [0.2, 0.25) is 5.02 Å². The lowest BCUT2D eigenvalue weighted by Crippen LogP contribution is -2.20. The van der Waals surface area contributed by atoms with Crippen molar-refractivity contribution in [1.82, 2.24) is 14.8 Å². The van der Waals surface area contributed by atoms with Crippen LogP contribution in [0.3, 0.4) is 0 Å². The molecule has 0 saturated carbocycles. The number of aromatic nitrogens is 3. The summed E-state index contributed by atoms with van der Waals surface area (Å²) in [7, 11) is 0. The maximum atomic E-state index is 6.02. The monoisotopic (exact) mass is 322 g/mol.